The second-order valence-corrected chi connectivity index (χ2v) is 2.62. The number of carbonyl (C=O) groups excluding carboxylic acids is 1. The van der Waals surface area contributed by atoms with Crippen molar-refractivity contribution in [1.82, 2.24) is 9.97 Å². The first-order chi connectivity index (χ1) is 6.11. The Hall–Kier alpha value is -1.20. The SMILES string of the molecule is CC(=O)OC(N)c1nccnc1Cl. The molecule has 70 valence electrons. The molecule has 5 nitrogen and oxygen atoms in total. The van der Waals surface area contributed by atoms with E-state index in [4.69, 9.17) is 17.3 Å². The van der Waals surface area contributed by atoms with Crippen LogP contribution in [0.4, 0.5) is 0 Å². The van der Waals surface area contributed by atoms with E-state index in [1.165, 1.54) is 19.3 Å². The molecule has 0 aliphatic rings. The van der Waals surface area contributed by atoms with Gasteiger partial charge in [-0.1, -0.05) is 11.6 Å². The van der Waals surface area contributed by atoms with Crippen LogP contribution in [0.5, 0.6) is 0 Å². The van der Waals surface area contributed by atoms with E-state index in [9.17, 15) is 4.79 Å². The smallest absolute Gasteiger partial charge is 0.304 e. The van der Waals surface area contributed by atoms with Crippen molar-refractivity contribution in [1.29, 1.82) is 0 Å². The number of halogens is 1. The molecule has 0 aromatic carbocycles. The summed E-state index contributed by atoms with van der Waals surface area (Å²) in [6, 6.07) is 0. The Kier molecular flexibility index (Phi) is 3.16. The standard InChI is InChI=1S/C7H8ClN3O2/c1-4(12)13-7(9)5-6(8)11-3-2-10-5/h2-3,7H,9H2,1H3. The summed E-state index contributed by atoms with van der Waals surface area (Å²) in [6.45, 7) is 1.25. The highest BCUT2D eigenvalue weighted by molar-refractivity contribution is 6.30. The van der Waals surface area contributed by atoms with E-state index in [0.29, 0.717) is 0 Å². The van der Waals surface area contributed by atoms with Crippen LogP contribution in [0.3, 0.4) is 0 Å². The lowest BCUT2D eigenvalue weighted by atomic mass is 10.4. The van der Waals surface area contributed by atoms with Gasteiger partial charge in [-0.2, -0.15) is 0 Å². The minimum absolute atomic E-state index is 0.135. The van der Waals surface area contributed by atoms with E-state index in [2.05, 4.69) is 14.7 Å². The Morgan fingerprint density at radius 2 is 2.23 bits per heavy atom. The summed E-state index contributed by atoms with van der Waals surface area (Å²) < 4.78 is 4.67. The zero-order valence-corrected chi connectivity index (χ0v) is 7.65. The Bertz CT molecular complexity index is 318. The van der Waals surface area contributed by atoms with Gasteiger partial charge in [-0.3, -0.25) is 15.5 Å². The molecule has 0 radical (unpaired) electrons. The Balaban J connectivity index is 2.82. The molecule has 0 amide bonds. The average molecular weight is 202 g/mol. The quantitative estimate of drug-likeness (QED) is 0.562. The van der Waals surface area contributed by atoms with Gasteiger partial charge in [0.2, 0.25) is 0 Å². The summed E-state index contributed by atoms with van der Waals surface area (Å²) in [5.41, 5.74) is 5.72. The second-order valence-electron chi connectivity index (χ2n) is 2.26. The minimum Gasteiger partial charge on any atom is -0.441 e. The molecule has 1 aromatic heterocycles. The number of hydrogen-bond donors (Lipinski definition) is 1. The van der Waals surface area contributed by atoms with Gasteiger partial charge < -0.3 is 4.74 Å². The van der Waals surface area contributed by atoms with E-state index in [0.717, 1.165) is 0 Å². The molecule has 0 spiro atoms. The van der Waals surface area contributed by atoms with E-state index >= 15 is 0 Å². The fraction of sp³-hybridized carbons (Fsp3) is 0.286. The first-order valence-corrected chi connectivity index (χ1v) is 3.88. The highest BCUT2D eigenvalue weighted by atomic mass is 35.5. The van der Waals surface area contributed by atoms with Gasteiger partial charge in [0.15, 0.2) is 11.4 Å². The summed E-state index contributed by atoms with van der Waals surface area (Å²) in [5, 5.41) is 0.135. The van der Waals surface area contributed by atoms with Gasteiger partial charge in [0.25, 0.3) is 0 Å². The van der Waals surface area contributed by atoms with Crippen LogP contribution in [0.25, 0.3) is 0 Å². The van der Waals surface area contributed by atoms with Crippen molar-refractivity contribution in [3.05, 3.63) is 23.2 Å². The van der Waals surface area contributed by atoms with Gasteiger partial charge >= 0.3 is 5.97 Å². The lowest BCUT2D eigenvalue weighted by Gasteiger charge is -2.10. The van der Waals surface area contributed by atoms with E-state index in [1.54, 1.807) is 0 Å². The maximum Gasteiger partial charge on any atom is 0.304 e. The third kappa shape index (κ3) is 2.64. The summed E-state index contributed by atoms with van der Waals surface area (Å²) in [4.78, 5) is 18.1. The molecule has 0 aliphatic heterocycles. The van der Waals surface area contributed by atoms with Gasteiger partial charge in [0.1, 0.15) is 5.69 Å². The molecule has 0 saturated heterocycles. The van der Waals surface area contributed by atoms with E-state index < -0.39 is 12.2 Å². The molecule has 1 rings (SSSR count). The first kappa shape index (κ1) is 9.88. The topological polar surface area (TPSA) is 78.1 Å². The van der Waals surface area contributed by atoms with Gasteiger partial charge in [0, 0.05) is 19.3 Å². The number of carbonyl (C=O) groups is 1. The van der Waals surface area contributed by atoms with Crippen LogP contribution in [0.15, 0.2) is 12.4 Å². The molecule has 1 atom stereocenters. The number of esters is 1. The maximum atomic E-state index is 10.5. The van der Waals surface area contributed by atoms with Gasteiger partial charge in [0.05, 0.1) is 0 Å². The number of rotatable bonds is 2. The highest BCUT2D eigenvalue weighted by Crippen LogP contribution is 2.16. The minimum atomic E-state index is -0.960. The van der Waals surface area contributed by atoms with Crippen LogP contribution in [-0.2, 0) is 9.53 Å². The normalized spacial score (nSPS) is 12.2. The fourth-order valence-corrected chi connectivity index (χ4v) is 0.970. The predicted octanol–water partition coefficient (Wildman–Crippen LogP) is 0.650. The van der Waals surface area contributed by atoms with Crippen LogP contribution >= 0.6 is 11.6 Å². The molecule has 0 bridgehead atoms. The summed E-state index contributed by atoms with van der Waals surface area (Å²) in [7, 11) is 0. The van der Waals surface area contributed by atoms with Gasteiger partial charge in [-0.25, -0.2) is 4.98 Å². The maximum absolute atomic E-state index is 10.5. The summed E-state index contributed by atoms with van der Waals surface area (Å²) in [5.74, 6) is -0.491. The Labute approximate surface area is 79.9 Å². The third-order valence-corrected chi connectivity index (χ3v) is 1.53. The Morgan fingerprint density at radius 1 is 1.62 bits per heavy atom. The summed E-state index contributed by atoms with van der Waals surface area (Å²) >= 11 is 5.66. The zero-order chi connectivity index (χ0) is 9.84. The summed E-state index contributed by atoms with van der Waals surface area (Å²) in [6.07, 6.45) is 1.88. The predicted molar refractivity (Wildman–Crippen MR) is 45.7 cm³/mol. The molecular weight excluding hydrogens is 194 g/mol. The lowest BCUT2D eigenvalue weighted by Crippen LogP contribution is -2.19. The van der Waals surface area contributed by atoms with Crippen molar-refractivity contribution in [2.24, 2.45) is 5.73 Å². The van der Waals surface area contributed by atoms with Crippen LogP contribution in [0.1, 0.15) is 18.8 Å². The molecule has 1 heterocycles. The Morgan fingerprint density at radius 3 is 2.77 bits per heavy atom. The van der Waals surface area contributed by atoms with Crippen molar-refractivity contribution in [2.75, 3.05) is 0 Å². The lowest BCUT2D eigenvalue weighted by molar-refractivity contribution is -0.146. The first-order valence-electron chi connectivity index (χ1n) is 3.50. The van der Waals surface area contributed by atoms with Crippen molar-refractivity contribution < 1.29 is 9.53 Å². The molecule has 0 aliphatic carbocycles. The number of hydrogen-bond acceptors (Lipinski definition) is 5. The van der Waals surface area contributed by atoms with Crippen molar-refractivity contribution in [3.63, 3.8) is 0 Å². The molecule has 2 N–H and O–H groups in total. The van der Waals surface area contributed by atoms with E-state index in [1.807, 2.05) is 0 Å². The van der Waals surface area contributed by atoms with Crippen molar-refractivity contribution in [3.8, 4) is 0 Å². The van der Waals surface area contributed by atoms with Crippen LogP contribution in [0, 0.1) is 0 Å². The third-order valence-electron chi connectivity index (χ3n) is 1.24. The zero-order valence-electron chi connectivity index (χ0n) is 6.90. The molecule has 1 aromatic rings. The monoisotopic (exact) mass is 201 g/mol. The fourth-order valence-electron chi connectivity index (χ4n) is 0.757. The number of aromatic nitrogens is 2. The largest absolute Gasteiger partial charge is 0.441 e. The van der Waals surface area contributed by atoms with Gasteiger partial charge in [-0.05, 0) is 0 Å². The number of nitrogens with zero attached hydrogens (tertiary/aromatic N) is 2. The highest BCUT2D eigenvalue weighted by Gasteiger charge is 2.14. The molecule has 13 heavy (non-hydrogen) atoms. The second kappa shape index (κ2) is 4.15. The molecule has 6 heteroatoms. The van der Waals surface area contributed by atoms with Crippen LogP contribution in [0.2, 0.25) is 5.15 Å². The van der Waals surface area contributed by atoms with Crippen molar-refractivity contribution >= 4 is 17.6 Å². The van der Waals surface area contributed by atoms with Gasteiger partial charge in [-0.15, -0.1) is 0 Å². The molecule has 0 fully saturated rings. The number of nitrogens with two attached hydrogens (primary N) is 1. The van der Waals surface area contributed by atoms with Crippen LogP contribution in [-0.4, -0.2) is 15.9 Å². The van der Waals surface area contributed by atoms with Crippen LogP contribution < -0.4 is 5.73 Å². The average Bonchev–Trinajstić information content (AvgIpc) is 2.03. The number of ether oxygens (including phenoxy) is 1. The van der Waals surface area contributed by atoms with Crippen molar-refractivity contribution in [2.45, 2.75) is 13.2 Å². The molecule has 1 unspecified atom stereocenters. The van der Waals surface area contributed by atoms with E-state index in [-0.39, 0.29) is 10.8 Å². The molecule has 0 saturated carbocycles. The molecular formula is C7H8ClN3O2.